The Hall–Kier alpha value is -1.02. The van der Waals surface area contributed by atoms with E-state index in [0.29, 0.717) is 5.88 Å². The van der Waals surface area contributed by atoms with Crippen LogP contribution in [0.15, 0.2) is 24.3 Å². The monoisotopic (exact) mass is 293 g/mol. The Kier molecular flexibility index (Phi) is 5.90. The van der Waals surface area contributed by atoms with Crippen molar-refractivity contribution in [2.45, 2.75) is 44.9 Å². The van der Waals surface area contributed by atoms with Crippen LogP contribution < -0.4 is 5.32 Å². The molecule has 1 N–H and O–H groups in total. The van der Waals surface area contributed by atoms with Gasteiger partial charge in [-0.2, -0.15) is 0 Å². The van der Waals surface area contributed by atoms with E-state index in [0.717, 1.165) is 35.9 Å². The van der Waals surface area contributed by atoms with E-state index in [1.807, 2.05) is 24.3 Å². The predicted octanol–water partition coefficient (Wildman–Crippen LogP) is 4.37. The van der Waals surface area contributed by atoms with Crippen LogP contribution in [-0.2, 0) is 5.88 Å². The fourth-order valence-electron chi connectivity index (χ4n) is 2.85. The highest BCUT2D eigenvalue weighted by atomic mass is 35.5. The summed E-state index contributed by atoms with van der Waals surface area (Å²) in [6.45, 7) is 3.12. The number of hydrogen-bond acceptors (Lipinski definition) is 1. The first-order chi connectivity index (χ1) is 9.69. The molecule has 0 radical (unpaired) electrons. The summed E-state index contributed by atoms with van der Waals surface area (Å²) in [5.41, 5.74) is 1.76. The molecule has 1 aromatic rings. The minimum Gasteiger partial charge on any atom is -0.352 e. The van der Waals surface area contributed by atoms with Crippen molar-refractivity contribution in [3.8, 4) is 0 Å². The Morgan fingerprint density at radius 1 is 1.20 bits per heavy atom. The molecule has 1 aliphatic rings. The van der Waals surface area contributed by atoms with Crippen molar-refractivity contribution in [1.29, 1.82) is 0 Å². The smallest absolute Gasteiger partial charge is 0.251 e. The van der Waals surface area contributed by atoms with Crippen molar-refractivity contribution in [3.05, 3.63) is 35.4 Å². The zero-order valence-corrected chi connectivity index (χ0v) is 13.0. The van der Waals surface area contributed by atoms with E-state index in [-0.39, 0.29) is 5.91 Å². The summed E-state index contributed by atoms with van der Waals surface area (Å²) in [6.07, 6.45) is 6.44. The molecule has 0 saturated heterocycles. The van der Waals surface area contributed by atoms with Gasteiger partial charge in [0.1, 0.15) is 0 Å². The van der Waals surface area contributed by atoms with E-state index in [1.165, 1.54) is 25.7 Å². The number of rotatable bonds is 5. The van der Waals surface area contributed by atoms with Gasteiger partial charge in [-0.05, 0) is 36.0 Å². The number of halogens is 1. The van der Waals surface area contributed by atoms with E-state index in [2.05, 4.69) is 12.2 Å². The van der Waals surface area contributed by atoms with Gasteiger partial charge in [-0.15, -0.1) is 11.6 Å². The average Bonchev–Trinajstić information content (AvgIpc) is 2.49. The molecular weight excluding hydrogens is 270 g/mol. The third-order valence-electron chi connectivity index (χ3n) is 4.34. The highest BCUT2D eigenvalue weighted by Gasteiger charge is 2.18. The molecule has 1 saturated carbocycles. The maximum absolute atomic E-state index is 12.0. The minimum absolute atomic E-state index is 0.0234. The number of carbonyl (C=O) groups is 1. The first-order valence-corrected chi connectivity index (χ1v) is 8.15. The summed E-state index contributed by atoms with van der Waals surface area (Å²) < 4.78 is 0. The van der Waals surface area contributed by atoms with Gasteiger partial charge in [0.25, 0.3) is 5.91 Å². The SMILES string of the molecule is CC1CCC(CCNC(=O)c2ccc(CCl)cc2)CC1. The van der Waals surface area contributed by atoms with E-state index in [4.69, 9.17) is 11.6 Å². The van der Waals surface area contributed by atoms with Crippen LogP contribution in [-0.4, -0.2) is 12.5 Å². The lowest BCUT2D eigenvalue weighted by Crippen LogP contribution is -2.26. The van der Waals surface area contributed by atoms with Crippen molar-refractivity contribution in [2.75, 3.05) is 6.54 Å². The molecule has 2 nitrogen and oxygen atoms in total. The number of amides is 1. The molecule has 1 aromatic carbocycles. The largest absolute Gasteiger partial charge is 0.352 e. The molecule has 0 spiro atoms. The number of nitrogens with one attached hydrogen (secondary N) is 1. The van der Waals surface area contributed by atoms with Crippen LogP contribution in [0.1, 0.15) is 54.9 Å². The van der Waals surface area contributed by atoms with Crippen molar-refractivity contribution < 1.29 is 4.79 Å². The summed E-state index contributed by atoms with van der Waals surface area (Å²) in [6, 6.07) is 7.50. The molecular formula is C17H24ClNO. The van der Waals surface area contributed by atoms with Crippen LogP contribution in [0, 0.1) is 11.8 Å². The molecule has 1 aliphatic carbocycles. The normalized spacial score (nSPS) is 22.5. The van der Waals surface area contributed by atoms with Crippen LogP contribution in [0.5, 0.6) is 0 Å². The van der Waals surface area contributed by atoms with Gasteiger partial charge >= 0.3 is 0 Å². The Morgan fingerprint density at radius 3 is 2.45 bits per heavy atom. The molecule has 0 aliphatic heterocycles. The molecule has 0 bridgehead atoms. The van der Waals surface area contributed by atoms with E-state index >= 15 is 0 Å². The van der Waals surface area contributed by atoms with Crippen LogP contribution in [0.4, 0.5) is 0 Å². The molecule has 0 heterocycles. The molecule has 110 valence electrons. The second-order valence-electron chi connectivity index (χ2n) is 6.00. The van der Waals surface area contributed by atoms with E-state index < -0.39 is 0 Å². The molecule has 20 heavy (non-hydrogen) atoms. The second-order valence-corrected chi connectivity index (χ2v) is 6.27. The summed E-state index contributed by atoms with van der Waals surface area (Å²) in [5, 5.41) is 3.02. The van der Waals surface area contributed by atoms with E-state index in [1.54, 1.807) is 0 Å². The third kappa shape index (κ3) is 4.52. The number of benzene rings is 1. The topological polar surface area (TPSA) is 29.1 Å². The van der Waals surface area contributed by atoms with Crippen LogP contribution in [0.25, 0.3) is 0 Å². The summed E-state index contributed by atoms with van der Waals surface area (Å²) >= 11 is 5.74. The zero-order chi connectivity index (χ0) is 14.4. The van der Waals surface area contributed by atoms with Gasteiger partial charge in [-0.25, -0.2) is 0 Å². The van der Waals surface area contributed by atoms with Gasteiger partial charge in [0.15, 0.2) is 0 Å². The van der Waals surface area contributed by atoms with Crippen molar-refractivity contribution in [3.63, 3.8) is 0 Å². The quantitative estimate of drug-likeness (QED) is 0.802. The maximum Gasteiger partial charge on any atom is 0.251 e. The molecule has 0 atom stereocenters. The molecule has 1 fully saturated rings. The van der Waals surface area contributed by atoms with Crippen LogP contribution >= 0.6 is 11.6 Å². The van der Waals surface area contributed by atoms with Gasteiger partial charge in [-0.3, -0.25) is 4.79 Å². The standard InChI is InChI=1S/C17H24ClNO/c1-13-2-4-14(5-3-13)10-11-19-17(20)16-8-6-15(12-18)7-9-16/h6-9,13-14H,2-5,10-12H2,1H3,(H,19,20). The Morgan fingerprint density at radius 2 is 1.85 bits per heavy atom. The van der Waals surface area contributed by atoms with E-state index in [9.17, 15) is 4.79 Å². The second kappa shape index (κ2) is 7.68. The van der Waals surface area contributed by atoms with Gasteiger partial charge < -0.3 is 5.32 Å². The summed E-state index contributed by atoms with van der Waals surface area (Å²) in [5.74, 6) is 2.20. The van der Waals surface area contributed by atoms with Gasteiger partial charge in [-0.1, -0.05) is 44.7 Å². The molecule has 2 rings (SSSR count). The maximum atomic E-state index is 12.0. The van der Waals surface area contributed by atoms with Crippen molar-refractivity contribution in [1.82, 2.24) is 5.32 Å². The predicted molar refractivity (Wildman–Crippen MR) is 84.1 cm³/mol. The Bertz CT molecular complexity index is 421. The van der Waals surface area contributed by atoms with Crippen LogP contribution in [0.3, 0.4) is 0 Å². The number of carbonyl (C=O) groups excluding carboxylic acids is 1. The van der Waals surface area contributed by atoms with Gasteiger partial charge in [0, 0.05) is 18.0 Å². The molecule has 0 unspecified atom stereocenters. The highest BCUT2D eigenvalue weighted by molar-refractivity contribution is 6.17. The van der Waals surface area contributed by atoms with Crippen LogP contribution in [0.2, 0.25) is 0 Å². The lowest BCUT2D eigenvalue weighted by molar-refractivity contribution is 0.0949. The Labute approximate surface area is 126 Å². The lowest BCUT2D eigenvalue weighted by atomic mass is 9.81. The van der Waals surface area contributed by atoms with Gasteiger partial charge in [0.2, 0.25) is 0 Å². The first-order valence-electron chi connectivity index (χ1n) is 7.62. The average molecular weight is 294 g/mol. The molecule has 1 amide bonds. The van der Waals surface area contributed by atoms with Gasteiger partial charge in [0.05, 0.1) is 0 Å². The highest BCUT2D eigenvalue weighted by Crippen LogP contribution is 2.29. The summed E-state index contributed by atoms with van der Waals surface area (Å²) in [4.78, 5) is 12.0. The zero-order valence-electron chi connectivity index (χ0n) is 12.2. The minimum atomic E-state index is 0.0234. The fourth-order valence-corrected chi connectivity index (χ4v) is 3.03. The first kappa shape index (κ1) is 15.4. The molecule has 3 heteroatoms. The third-order valence-corrected chi connectivity index (χ3v) is 4.65. The number of alkyl halides is 1. The Balaban J connectivity index is 1.71. The molecule has 0 aromatic heterocycles. The summed E-state index contributed by atoms with van der Waals surface area (Å²) in [7, 11) is 0. The number of hydrogen-bond donors (Lipinski definition) is 1. The van der Waals surface area contributed by atoms with Crippen molar-refractivity contribution in [2.24, 2.45) is 11.8 Å². The lowest BCUT2D eigenvalue weighted by Gasteiger charge is -2.26. The fraction of sp³-hybridized carbons (Fsp3) is 0.588. The van der Waals surface area contributed by atoms with Crippen molar-refractivity contribution >= 4 is 17.5 Å².